The highest BCUT2D eigenvalue weighted by Crippen LogP contribution is 2.20. The predicted molar refractivity (Wildman–Crippen MR) is 80.0 cm³/mol. The van der Waals surface area contributed by atoms with E-state index >= 15 is 0 Å². The summed E-state index contributed by atoms with van der Waals surface area (Å²) in [6.07, 6.45) is 0.990. The van der Waals surface area contributed by atoms with Crippen LogP contribution in [0.5, 0.6) is 0 Å². The van der Waals surface area contributed by atoms with Crippen LogP contribution in [0.1, 0.15) is 11.1 Å². The molecular formula is C19H15. The molecule has 0 unspecified atom stereocenters. The Hall–Kier alpha value is -2.34. The minimum Gasteiger partial charge on any atom is -0.0622 e. The van der Waals surface area contributed by atoms with Crippen LogP contribution in [0.4, 0.5) is 0 Å². The van der Waals surface area contributed by atoms with E-state index in [-0.39, 0.29) is 0 Å². The van der Waals surface area contributed by atoms with Crippen molar-refractivity contribution in [2.45, 2.75) is 6.42 Å². The fraction of sp³-hybridized carbons (Fsp3) is 0.0526. The van der Waals surface area contributed by atoms with Gasteiger partial charge in [0.25, 0.3) is 0 Å². The van der Waals surface area contributed by atoms with Gasteiger partial charge in [-0.05, 0) is 34.7 Å². The van der Waals surface area contributed by atoms with Gasteiger partial charge < -0.3 is 0 Å². The normalized spacial score (nSPS) is 10.3. The van der Waals surface area contributed by atoms with Gasteiger partial charge in [-0.1, -0.05) is 78.9 Å². The highest BCUT2D eigenvalue weighted by molar-refractivity contribution is 5.63. The molecule has 19 heavy (non-hydrogen) atoms. The smallest absolute Gasteiger partial charge is 0.00258 e. The molecule has 0 spiro atoms. The molecule has 0 aliphatic rings. The van der Waals surface area contributed by atoms with Crippen molar-refractivity contribution in [3.63, 3.8) is 0 Å². The van der Waals surface area contributed by atoms with Crippen LogP contribution in [-0.4, -0.2) is 0 Å². The molecule has 3 aromatic carbocycles. The second-order valence-electron chi connectivity index (χ2n) is 4.65. The third-order valence-corrected chi connectivity index (χ3v) is 3.26. The zero-order valence-electron chi connectivity index (χ0n) is 10.7. The van der Waals surface area contributed by atoms with Crippen molar-refractivity contribution in [1.82, 2.24) is 0 Å². The molecule has 3 aromatic rings. The van der Waals surface area contributed by atoms with E-state index in [2.05, 4.69) is 72.8 Å². The zero-order chi connectivity index (χ0) is 12.9. The summed E-state index contributed by atoms with van der Waals surface area (Å²) in [6, 6.07) is 30.5. The minimum absolute atomic E-state index is 0.990. The first-order valence-corrected chi connectivity index (χ1v) is 6.51. The Kier molecular flexibility index (Phi) is 3.42. The molecule has 0 bridgehead atoms. The minimum atomic E-state index is 0.990. The molecule has 0 nitrogen and oxygen atoms in total. The van der Waals surface area contributed by atoms with E-state index in [9.17, 15) is 0 Å². The maximum absolute atomic E-state index is 3.05. The van der Waals surface area contributed by atoms with Gasteiger partial charge in [-0.25, -0.2) is 0 Å². The maximum Gasteiger partial charge on any atom is -0.00258 e. The standard InChI is InChI=1S/C19H15/c1-3-7-16(8-4-1)15-17-11-13-19(14-12-17)18-9-5-2-6-10-18/h1,3-14H,15H2. The third-order valence-electron chi connectivity index (χ3n) is 3.26. The molecule has 0 saturated carbocycles. The topological polar surface area (TPSA) is 0 Å². The number of hydrogen-bond donors (Lipinski definition) is 0. The highest BCUT2D eigenvalue weighted by Gasteiger charge is 1.98. The van der Waals surface area contributed by atoms with E-state index in [1.165, 1.54) is 22.3 Å². The van der Waals surface area contributed by atoms with Gasteiger partial charge in [-0.3, -0.25) is 0 Å². The highest BCUT2D eigenvalue weighted by atomic mass is 14.0. The van der Waals surface area contributed by atoms with Gasteiger partial charge >= 0.3 is 0 Å². The summed E-state index contributed by atoms with van der Waals surface area (Å²) in [6.45, 7) is 0. The molecule has 91 valence electrons. The number of rotatable bonds is 3. The molecule has 0 aromatic heterocycles. The Balaban J connectivity index is 1.80. The summed E-state index contributed by atoms with van der Waals surface area (Å²) >= 11 is 0. The van der Waals surface area contributed by atoms with Crippen LogP contribution in [0, 0.1) is 6.07 Å². The molecule has 0 saturated heterocycles. The molecule has 0 aliphatic heterocycles. The van der Waals surface area contributed by atoms with Crippen molar-refractivity contribution in [2.75, 3.05) is 0 Å². The average Bonchev–Trinajstić information content (AvgIpc) is 2.50. The Bertz CT molecular complexity index is 622. The second kappa shape index (κ2) is 5.53. The fourth-order valence-corrected chi connectivity index (χ4v) is 2.23. The Morgan fingerprint density at radius 2 is 1.16 bits per heavy atom. The monoisotopic (exact) mass is 243 g/mol. The van der Waals surface area contributed by atoms with Crippen LogP contribution in [0.2, 0.25) is 0 Å². The summed E-state index contributed by atoms with van der Waals surface area (Å²) in [5.74, 6) is 0. The van der Waals surface area contributed by atoms with Gasteiger partial charge in [0.15, 0.2) is 0 Å². The van der Waals surface area contributed by atoms with Crippen molar-refractivity contribution in [1.29, 1.82) is 0 Å². The summed E-state index contributed by atoms with van der Waals surface area (Å²) in [5, 5.41) is 0. The maximum atomic E-state index is 3.05. The lowest BCUT2D eigenvalue weighted by molar-refractivity contribution is 1.19. The first-order valence-electron chi connectivity index (χ1n) is 6.51. The quantitative estimate of drug-likeness (QED) is 0.623. The third kappa shape index (κ3) is 2.92. The summed E-state index contributed by atoms with van der Waals surface area (Å²) in [5.41, 5.74) is 5.19. The van der Waals surface area contributed by atoms with Gasteiger partial charge in [0, 0.05) is 0 Å². The summed E-state index contributed by atoms with van der Waals surface area (Å²) < 4.78 is 0. The van der Waals surface area contributed by atoms with Crippen LogP contribution in [0.25, 0.3) is 11.1 Å². The van der Waals surface area contributed by atoms with E-state index in [1.54, 1.807) is 0 Å². The lowest BCUT2D eigenvalue weighted by Crippen LogP contribution is -1.87. The lowest BCUT2D eigenvalue weighted by Gasteiger charge is -2.05. The Labute approximate surface area is 114 Å². The second-order valence-corrected chi connectivity index (χ2v) is 4.65. The molecule has 0 fully saturated rings. The van der Waals surface area contributed by atoms with Crippen LogP contribution < -0.4 is 0 Å². The molecule has 0 heterocycles. The van der Waals surface area contributed by atoms with Crippen molar-refractivity contribution < 1.29 is 0 Å². The van der Waals surface area contributed by atoms with Crippen molar-refractivity contribution in [2.24, 2.45) is 0 Å². The molecule has 0 aliphatic carbocycles. The molecule has 3 rings (SSSR count). The average molecular weight is 243 g/mol. The van der Waals surface area contributed by atoms with Crippen molar-refractivity contribution in [3.05, 3.63) is 96.1 Å². The van der Waals surface area contributed by atoms with E-state index in [4.69, 9.17) is 0 Å². The molecule has 1 radical (unpaired) electrons. The van der Waals surface area contributed by atoms with E-state index in [0.29, 0.717) is 0 Å². The Morgan fingerprint density at radius 3 is 1.84 bits per heavy atom. The SMILES string of the molecule is [c]1ccc(-c2ccc(Cc3ccccc3)cc2)cc1. The Morgan fingerprint density at radius 1 is 0.579 bits per heavy atom. The van der Waals surface area contributed by atoms with E-state index < -0.39 is 0 Å². The summed E-state index contributed by atoms with van der Waals surface area (Å²) in [4.78, 5) is 0. The molecule has 0 amide bonds. The first-order chi connectivity index (χ1) is 9.42. The summed E-state index contributed by atoms with van der Waals surface area (Å²) in [7, 11) is 0. The van der Waals surface area contributed by atoms with Gasteiger partial charge in [0.05, 0.1) is 0 Å². The van der Waals surface area contributed by atoms with E-state index in [1.807, 2.05) is 12.1 Å². The van der Waals surface area contributed by atoms with Crippen LogP contribution in [-0.2, 0) is 6.42 Å². The van der Waals surface area contributed by atoms with Crippen molar-refractivity contribution >= 4 is 0 Å². The van der Waals surface area contributed by atoms with Gasteiger partial charge in [0.2, 0.25) is 0 Å². The number of benzene rings is 3. The van der Waals surface area contributed by atoms with Gasteiger partial charge in [-0.15, -0.1) is 0 Å². The molecular weight excluding hydrogens is 228 g/mol. The molecule has 0 N–H and O–H groups in total. The fourth-order valence-electron chi connectivity index (χ4n) is 2.23. The zero-order valence-corrected chi connectivity index (χ0v) is 10.7. The molecule has 0 atom stereocenters. The van der Waals surface area contributed by atoms with Gasteiger partial charge in [0.1, 0.15) is 0 Å². The van der Waals surface area contributed by atoms with Crippen LogP contribution in [0.3, 0.4) is 0 Å². The lowest BCUT2D eigenvalue weighted by atomic mass is 10.0. The molecule has 0 heteroatoms. The number of hydrogen-bond acceptors (Lipinski definition) is 0. The van der Waals surface area contributed by atoms with Crippen molar-refractivity contribution in [3.8, 4) is 11.1 Å². The van der Waals surface area contributed by atoms with Gasteiger partial charge in [-0.2, -0.15) is 0 Å². The van der Waals surface area contributed by atoms with E-state index in [0.717, 1.165) is 6.42 Å². The van der Waals surface area contributed by atoms with Crippen LogP contribution >= 0.6 is 0 Å². The van der Waals surface area contributed by atoms with Crippen LogP contribution in [0.15, 0.2) is 78.9 Å². The largest absolute Gasteiger partial charge is 0.0622 e. The first kappa shape index (κ1) is 11.7. The predicted octanol–water partition coefficient (Wildman–Crippen LogP) is 4.74.